The van der Waals surface area contributed by atoms with Gasteiger partial charge in [0.05, 0.1) is 11.6 Å². The van der Waals surface area contributed by atoms with Crippen molar-refractivity contribution >= 4 is 5.76 Å². The Morgan fingerprint density at radius 3 is 2.08 bits per heavy atom. The van der Waals surface area contributed by atoms with E-state index in [1.807, 2.05) is 6.07 Å². The van der Waals surface area contributed by atoms with Crippen molar-refractivity contribution in [1.82, 2.24) is 9.97 Å². The Bertz CT molecular complexity index is 830. The molecule has 3 nitrogen and oxygen atoms in total. The van der Waals surface area contributed by atoms with Crippen molar-refractivity contribution in [2.75, 3.05) is 0 Å². The fourth-order valence-electron chi connectivity index (χ4n) is 1.71. The maximum absolute atomic E-state index is 13.2. The van der Waals surface area contributed by atoms with Crippen molar-refractivity contribution in [2.45, 2.75) is 0 Å². The summed E-state index contributed by atoms with van der Waals surface area (Å²) < 4.78 is 38.7. The van der Waals surface area contributed by atoms with Gasteiger partial charge in [-0.3, -0.25) is 13.8 Å². The Labute approximate surface area is 156 Å². The van der Waals surface area contributed by atoms with Crippen molar-refractivity contribution in [3.05, 3.63) is 90.6 Å². The van der Waals surface area contributed by atoms with Gasteiger partial charge in [-0.2, -0.15) is 0 Å². The number of nitrogens with zero attached hydrogens (tertiary/aromatic N) is 2. The van der Waals surface area contributed by atoms with E-state index >= 15 is 0 Å². The second-order valence-corrected chi connectivity index (χ2v) is 4.53. The zero-order valence-electron chi connectivity index (χ0n) is 12.7. The molecule has 0 unspecified atom stereocenters. The maximum atomic E-state index is 13.2. The van der Waals surface area contributed by atoms with Crippen LogP contribution in [0.3, 0.4) is 0 Å². The molecule has 25 heavy (non-hydrogen) atoms. The van der Waals surface area contributed by atoms with E-state index in [9.17, 15) is 13.2 Å². The molecular weight excluding hydrogens is 509 g/mol. The van der Waals surface area contributed by atoms with Gasteiger partial charge in [0.25, 0.3) is 0 Å². The minimum Gasteiger partial charge on any atom is -0.506 e. The van der Waals surface area contributed by atoms with E-state index in [4.69, 9.17) is 5.11 Å². The number of halogens is 3. The number of aromatic nitrogens is 2. The first-order valence-corrected chi connectivity index (χ1v) is 6.76. The van der Waals surface area contributed by atoms with E-state index in [0.29, 0.717) is 11.8 Å². The molecule has 1 radical (unpaired) electrons. The Kier molecular flexibility index (Phi) is 7.98. The quantitative estimate of drug-likeness (QED) is 0.305. The molecule has 0 saturated carbocycles. The molecule has 7 heteroatoms. The van der Waals surface area contributed by atoms with Crippen molar-refractivity contribution in [3.63, 3.8) is 0 Å². The molecule has 0 aliphatic heterocycles. The van der Waals surface area contributed by atoms with Crippen LogP contribution in [0.4, 0.5) is 13.2 Å². The van der Waals surface area contributed by atoms with Crippen molar-refractivity contribution in [3.8, 4) is 11.3 Å². The fraction of sp³-hybridized carbons (Fsp3) is 0. The maximum Gasteiger partial charge on any atom is 0.134 e. The number of aliphatic hydroxyl groups excluding tert-OH is 1. The van der Waals surface area contributed by atoms with Crippen LogP contribution in [0.15, 0.2) is 61.4 Å². The number of hydrogen-bond acceptors (Lipinski definition) is 3. The summed E-state index contributed by atoms with van der Waals surface area (Å²) in [5, 5.41) is 8.77. The van der Waals surface area contributed by atoms with Gasteiger partial charge in [-0.25, -0.2) is 4.39 Å². The van der Waals surface area contributed by atoms with E-state index in [1.54, 1.807) is 36.5 Å². The van der Waals surface area contributed by atoms with Gasteiger partial charge in [0, 0.05) is 38.3 Å². The molecule has 1 aromatic carbocycles. The Hall–Kier alpha value is -2.50. The van der Waals surface area contributed by atoms with Crippen LogP contribution in [0.25, 0.3) is 17.0 Å². The Morgan fingerprint density at radius 2 is 1.60 bits per heavy atom. The van der Waals surface area contributed by atoms with Crippen LogP contribution in [0.2, 0.25) is 0 Å². The van der Waals surface area contributed by atoms with Crippen LogP contribution in [-0.4, -0.2) is 15.1 Å². The normalized spacial score (nSPS) is 9.40. The predicted molar refractivity (Wildman–Crippen MR) is 84.3 cm³/mol. The number of aliphatic hydroxyl groups is 1. The third-order valence-electron chi connectivity index (χ3n) is 2.82. The average Bonchev–Trinajstić information content (AvgIpc) is 2.60. The monoisotopic (exact) mass is 522 g/mol. The van der Waals surface area contributed by atoms with E-state index in [1.165, 1.54) is 12.3 Å². The third kappa shape index (κ3) is 5.81. The van der Waals surface area contributed by atoms with Gasteiger partial charge in [0.15, 0.2) is 0 Å². The largest absolute Gasteiger partial charge is 0.506 e. The molecule has 0 atom stereocenters. The summed E-state index contributed by atoms with van der Waals surface area (Å²) >= 11 is 0. The predicted octanol–water partition coefficient (Wildman–Crippen LogP) is 4.57. The van der Waals surface area contributed by atoms with Crippen LogP contribution in [-0.2, 0) is 20.1 Å². The molecule has 0 amide bonds. The average molecular weight is 522 g/mol. The molecule has 0 aliphatic rings. The molecule has 0 aliphatic carbocycles. The van der Waals surface area contributed by atoms with E-state index in [0.717, 1.165) is 0 Å². The zero-order chi connectivity index (χ0) is 17.5. The van der Waals surface area contributed by atoms with Gasteiger partial charge >= 0.3 is 0 Å². The Balaban J connectivity index is 0.000000270. The van der Waals surface area contributed by atoms with Crippen molar-refractivity contribution in [2.24, 2.45) is 0 Å². The molecule has 0 fully saturated rings. The summed E-state index contributed by atoms with van der Waals surface area (Å²) in [5.74, 6) is -3.34. The summed E-state index contributed by atoms with van der Waals surface area (Å²) in [6.07, 6.45) is 3.04. The van der Waals surface area contributed by atoms with Crippen LogP contribution in [0, 0.1) is 23.5 Å². The first-order chi connectivity index (χ1) is 11.5. The van der Waals surface area contributed by atoms with E-state index in [2.05, 4.69) is 16.5 Å². The molecule has 3 aromatic rings. The molecule has 1 N–H and O–H groups in total. The number of rotatable bonds is 2. The van der Waals surface area contributed by atoms with Crippen molar-refractivity contribution < 1.29 is 38.4 Å². The van der Waals surface area contributed by atoms with Gasteiger partial charge in [-0.1, -0.05) is 42.5 Å². The first kappa shape index (κ1) is 20.5. The summed E-state index contributed by atoms with van der Waals surface area (Å²) in [6, 6.07) is 12.5. The summed E-state index contributed by atoms with van der Waals surface area (Å²) in [4.78, 5) is 7.65. The molecule has 0 spiro atoms. The second-order valence-electron chi connectivity index (χ2n) is 4.53. The van der Waals surface area contributed by atoms with Crippen LogP contribution >= 0.6 is 0 Å². The third-order valence-corrected chi connectivity index (χ3v) is 2.82. The molecule has 3 rings (SSSR count). The van der Waals surface area contributed by atoms with Crippen LogP contribution in [0.5, 0.6) is 0 Å². The Morgan fingerprint density at radius 1 is 0.960 bits per heavy atom. The summed E-state index contributed by atoms with van der Waals surface area (Å²) in [7, 11) is 0. The molecule has 131 valence electrons. The second kappa shape index (κ2) is 9.71. The summed E-state index contributed by atoms with van der Waals surface area (Å²) in [5.41, 5.74) is 0.570. The molecule has 2 heterocycles. The fourth-order valence-corrected chi connectivity index (χ4v) is 1.71. The molecule has 0 saturated heterocycles. The van der Waals surface area contributed by atoms with E-state index < -0.39 is 17.5 Å². The number of benzene rings is 1. The minimum absolute atomic E-state index is 0. The minimum atomic E-state index is -1.26. The first-order valence-electron chi connectivity index (χ1n) is 6.76. The van der Waals surface area contributed by atoms with E-state index in [-0.39, 0.29) is 37.1 Å². The topological polar surface area (TPSA) is 46.0 Å². The number of pyridine rings is 2. The van der Waals surface area contributed by atoms with Gasteiger partial charge in [-0.05, 0) is 23.9 Å². The van der Waals surface area contributed by atoms with Crippen LogP contribution in [0.1, 0.15) is 5.69 Å². The van der Waals surface area contributed by atoms with Gasteiger partial charge in [0.1, 0.15) is 11.5 Å². The van der Waals surface area contributed by atoms with Gasteiger partial charge in [-0.15, -0.1) is 0 Å². The zero-order valence-corrected chi connectivity index (χ0v) is 15.1. The standard InChI is InChI=1S/C11H5F3N.C7H7NO.Ir/c12-8-6-10(14)9(13)5-7(8)11-3-1-2-4-15-11;1-6(9)7-4-2-3-5-8-7;/h1-4,6H;2-5,9H,1H2;/q-1;;. The van der Waals surface area contributed by atoms with Crippen molar-refractivity contribution in [1.29, 1.82) is 0 Å². The smallest absolute Gasteiger partial charge is 0.134 e. The number of hydrogen-bond donors (Lipinski definition) is 1. The molecule has 2 aromatic heterocycles. The SMILES string of the molecule is C=C(O)c1ccccn1.Fc1[c-]c(-c2ccccn2)c(F)cc1F.[Ir]. The van der Waals surface area contributed by atoms with Gasteiger partial charge in [0.2, 0.25) is 0 Å². The summed E-state index contributed by atoms with van der Waals surface area (Å²) in [6.45, 7) is 3.32. The van der Waals surface area contributed by atoms with Gasteiger partial charge < -0.3 is 10.1 Å². The van der Waals surface area contributed by atoms with Crippen LogP contribution < -0.4 is 0 Å². The molecule has 0 bridgehead atoms. The molecular formula is C18H12F3IrN2O-.